The molecule has 0 spiro atoms. The lowest BCUT2D eigenvalue weighted by Crippen LogP contribution is -2.23. The Kier molecular flexibility index (Phi) is 6.07. The average Bonchev–Trinajstić information content (AvgIpc) is 2.80. The van der Waals surface area contributed by atoms with E-state index in [1.54, 1.807) is 24.3 Å². The smallest absolute Gasteiger partial charge is 0.340 e. The van der Waals surface area contributed by atoms with Gasteiger partial charge in [0.15, 0.2) is 28.0 Å². The van der Waals surface area contributed by atoms with E-state index in [0.717, 1.165) is 12.3 Å². The Morgan fingerprint density at radius 3 is 2.15 bits per heavy atom. The summed E-state index contributed by atoms with van der Waals surface area (Å²) in [7, 11) is -3.58. The molecule has 0 atom stereocenters. The minimum atomic E-state index is -3.58. The number of amides is 1. The molecular weight excluding hydrogens is 482 g/mol. The number of nitrogens with one attached hydrogen (secondary N) is 1. The zero-order chi connectivity index (χ0) is 24.6. The SMILES string of the molecule is CS(=O)(=O)c1ccc(Cl)c(C(=O)OCC(=O)Nc2ccc3c(c2)C(=O)c2ccccc2C3=O)c1. The number of hydrogen-bond donors (Lipinski definition) is 1. The average molecular weight is 498 g/mol. The van der Waals surface area contributed by atoms with Gasteiger partial charge in [0.05, 0.1) is 15.5 Å². The third-order valence-corrected chi connectivity index (χ3v) is 6.57. The Morgan fingerprint density at radius 2 is 1.50 bits per heavy atom. The van der Waals surface area contributed by atoms with Gasteiger partial charge < -0.3 is 10.1 Å². The molecule has 0 bridgehead atoms. The highest BCUT2D eigenvalue weighted by Gasteiger charge is 2.29. The highest BCUT2D eigenvalue weighted by atomic mass is 35.5. The van der Waals surface area contributed by atoms with Gasteiger partial charge in [0.1, 0.15) is 0 Å². The van der Waals surface area contributed by atoms with Crippen molar-refractivity contribution in [1.82, 2.24) is 0 Å². The van der Waals surface area contributed by atoms with Crippen LogP contribution >= 0.6 is 11.6 Å². The Balaban J connectivity index is 1.46. The molecule has 0 unspecified atom stereocenters. The number of esters is 1. The lowest BCUT2D eigenvalue weighted by molar-refractivity contribution is -0.119. The van der Waals surface area contributed by atoms with E-state index in [0.29, 0.717) is 5.56 Å². The second-order valence-corrected chi connectivity index (χ2v) is 9.93. The summed E-state index contributed by atoms with van der Waals surface area (Å²) >= 11 is 5.96. The summed E-state index contributed by atoms with van der Waals surface area (Å²) in [5, 5.41) is 2.47. The molecule has 0 fully saturated rings. The Morgan fingerprint density at radius 1 is 0.882 bits per heavy atom. The van der Waals surface area contributed by atoms with Crippen LogP contribution in [0.25, 0.3) is 0 Å². The summed E-state index contributed by atoms with van der Waals surface area (Å²) in [6, 6.07) is 14.4. The largest absolute Gasteiger partial charge is 0.452 e. The molecule has 1 N–H and O–H groups in total. The van der Waals surface area contributed by atoms with Crippen molar-refractivity contribution in [2.24, 2.45) is 0 Å². The maximum Gasteiger partial charge on any atom is 0.340 e. The van der Waals surface area contributed by atoms with Crippen LogP contribution in [0, 0.1) is 0 Å². The Labute approximate surface area is 199 Å². The van der Waals surface area contributed by atoms with Gasteiger partial charge in [0, 0.05) is 34.2 Å². The predicted octanol–water partition coefficient (Wildman–Crippen LogP) is 3.31. The van der Waals surface area contributed by atoms with Gasteiger partial charge in [-0.2, -0.15) is 0 Å². The lowest BCUT2D eigenvalue weighted by Gasteiger charge is -2.18. The Hall–Kier alpha value is -3.82. The fraction of sp³-hybridized carbons (Fsp3) is 0.0833. The van der Waals surface area contributed by atoms with E-state index in [1.165, 1.54) is 30.3 Å². The molecule has 0 heterocycles. The van der Waals surface area contributed by atoms with E-state index in [4.69, 9.17) is 16.3 Å². The van der Waals surface area contributed by atoms with Crippen LogP contribution in [0.15, 0.2) is 65.6 Å². The number of ketones is 2. The first-order valence-corrected chi connectivity index (χ1v) is 12.1. The van der Waals surface area contributed by atoms with Crippen molar-refractivity contribution in [1.29, 1.82) is 0 Å². The van der Waals surface area contributed by atoms with Crippen molar-refractivity contribution < 1.29 is 32.3 Å². The van der Waals surface area contributed by atoms with Crippen molar-refractivity contribution in [3.63, 3.8) is 0 Å². The van der Waals surface area contributed by atoms with E-state index in [-0.39, 0.29) is 49.4 Å². The molecule has 34 heavy (non-hydrogen) atoms. The van der Waals surface area contributed by atoms with Crippen molar-refractivity contribution in [2.75, 3.05) is 18.2 Å². The normalized spacial score (nSPS) is 12.5. The molecule has 1 aliphatic carbocycles. The highest BCUT2D eigenvalue weighted by Crippen LogP contribution is 2.29. The number of carbonyl (C=O) groups excluding carboxylic acids is 4. The maximum atomic E-state index is 12.8. The summed E-state index contributed by atoms with van der Waals surface area (Å²) in [6.45, 7) is -0.689. The summed E-state index contributed by atoms with van der Waals surface area (Å²) in [5.41, 5.74) is 1.02. The maximum absolute atomic E-state index is 12.8. The first kappa shape index (κ1) is 23.3. The van der Waals surface area contributed by atoms with Gasteiger partial charge in [-0.25, -0.2) is 13.2 Å². The van der Waals surface area contributed by atoms with Crippen LogP contribution in [0.5, 0.6) is 0 Å². The molecule has 0 saturated carbocycles. The minimum absolute atomic E-state index is 0.0315. The van der Waals surface area contributed by atoms with Crippen LogP contribution in [-0.2, 0) is 19.4 Å². The van der Waals surface area contributed by atoms with Crippen molar-refractivity contribution >= 4 is 50.6 Å². The van der Waals surface area contributed by atoms with E-state index in [2.05, 4.69) is 5.32 Å². The molecule has 0 radical (unpaired) electrons. The number of carbonyl (C=O) groups is 4. The van der Waals surface area contributed by atoms with Gasteiger partial charge >= 0.3 is 5.97 Å². The molecule has 10 heteroatoms. The van der Waals surface area contributed by atoms with Gasteiger partial charge in [-0.3, -0.25) is 14.4 Å². The number of benzene rings is 3. The molecule has 1 aliphatic rings. The number of sulfone groups is 1. The van der Waals surface area contributed by atoms with Crippen LogP contribution in [0.3, 0.4) is 0 Å². The summed E-state index contributed by atoms with van der Waals surface area (Å²) in [6.07, 6.45) is 0.980. The quantitative estimate of drug-likeness (QED) is 0.419. The molecular formula is C24H16ClNO7S. The second kappa shape index (κ2) is 8.85. The van der Waals surface area contributed by atoms with Gasteiger partial charge in [-0.05, 0) is 36.4 Å². The first-order valence-electron chi connectivity index (χ1n) is 9.85. The second-order valence-electron chi connectivity index (χ2n) is 7.50. The fourth-order valence-corrected chi connectivity index (χ4v) is 4.32. The number of anilines is 1. The predicted molar refractivity (Wildman–Crippen MR) is 123 cm³/mol. The summed E-state index contributed by atoms with van der Waals surface area (Å²) < 4.78 is 28.4. The number of fused-ring (bicyclic) bond motifs is 2. The number of halogens is 1. The van der Waals surface area contributed by atoms with Crippen LogP contribution in [0.2, 0.25) is 5.02 Å². The molecule has 1 amide bonds. The molecule has 3 aromatic rings. The third-order valence-electron chi connectivity index (χ3n) is 5.13. The monoisotopic (exact) mass is 497 g/mol. The molecule has 4 rings (SSSR count). The standard InChI is InChI=1S/C24H16ClNO7S/c1-34(31,32)14-7-9-20(25)19(11-14)24(30)33-12-21(27)26-13-6-8-17-18(10-13)23(29)16-5-3-2-4-15(16)22(17)28/h2-11H,12H2,1H3,(H,26,27). The number of hydrogen-bond acceptors (Lipinski definition) is 7. The fourth-order valence-electron chi connectivity index (χ4n) is 3.47. The van der Waals surface area contributed by atoms with E-state index in [9.17, 15) is 27.6 Å². The minimum Gasteiger partial charge on any atom is -0.452 e. The molecule has 0 aromatic heterocycles. The van der Waals surface area contributed by atoms with Crippen LogP contribution < -0.4 is 5.32 Å². The molecule has 0 saturated heterocycles. The number of rotatable bonds is 5. The van der Waals surface area contributed by atoms with Gasteiger partial charge in [-0.15, -0.1) is 0 Å². The Bertz CT molecular complexity index is 1490. The summed E-state index contributed by atoms with van der Waals surface area (Å²) in [4.78, 5) is 50.0. The topological polar surface area (TPSA) is 124 Å². The van der Waals surface area contributed by atoms with E-state index in [1.807, 2.05) is 0 Å². The zero-order valence-corrected chi connectivity index (χ0v) is 19.2. The summed E-state index contributed by atoms with van der Waals surface area (Å²) in [5.74, 6) is -2.31. The van der Waals surface area contributed by atoms with Crippen LogP contribution in [0.4, 0.5) is 5.69 Å². The molecule has 0 aliphatic heterocycles. The van der Waals surface area contributed by atoms with Crippen LogP contribution in [-0.4, -0.2) is 44.7 Å². The van der Waals surface area contributed by atoms with E-state index >= 15 is 0 Å². The van der Waals surface area contributed by atoms with Crippen molar-refractivity contribution in [3.05, 3.63) is 93.5 Å². The zero-order valence-electron chi connectivity index (χ0n) is 17.6. The van der Waals surface area contributed by atoms with Crippen molar-refractivity contribution in [3.8, 4) is 0 Å². The van der Waals surface area contributed by atoms with E-state index < -0.39 is 28.3 Å². The van der Waals surface area contributed by atoms with Gasteiger partial charge in [0.2, 0.25) is 0 Å². The highest BCUT2D eigenvalue weighted by molar-refractivity contribution is 7.90. The lowest BCUT2D eigenvalue weighted by atomic mass is 9.84. The first-order chi connectivity index (χ1) is 16.1. The van der Waals surface area contributed by atoms with Gasteiger partial charge in [-0.1, -0.05) is 35.9 Å². The number of ether oxygens (including phenoxy) is 1. The molecule has 8 nitrogen and oxygen atoms in total. The molecule has 172 valence electrons. The van der Waals surface area contributed by atoms with Crippen LogP contribution in [0.1, 0.15) is 42.2 Å². The van der Waals surface area contributed by atoms with Gasteiger partial charge in [0.25, 0.3) is 5.91 Å². The van der Waals surface area contributed by atoms with Crippen molar-refractivity contribution in [2.45, 2.75) is 4.90 Å². The molecule has 3 aromatic carbocycles. The third kappa shape index (κ3) is 4.48.